The van der Waals surface area contributed by atoms with Crippen molar-refractivity contribution in [1.82, 2.24) is 0 Å². The minimum absolute atomic E-state index is 0.347. The summed E-state index contributed by atoms with van der Waals surface area (Å²) in [5.41, 5.74) is 0.347. The fourth-order valence-electron chi connectivity index (χ4n) is 0.708. The minimum atomic E-state index is -2.07. The van der Waals surface area contributed by atoms with Gasteiger partial charge in [0.25, 0.3) is 0 Å². The maximum absolute atomic E-state index is 8.78. The highest BCUT2D eigenvalue weighted by atomic mass is 32.2. The monoisotopic (exact) mass is 171 g/mol. The molecule has 11 heavy (non-hydrogen) atoms. The highest BCUT2D eigenvalue weighted by Gasteiger charge is 2.08. The van der Waals surface area contributed by atoms with Crippen LogP contribution in [0.4, 0.5) is 0 Å². The fourth-order valence-corrected chi connectivity index (χ4v) is 0.980. The van der Waals surface area contributed by atoms with Crippen molar-refractivity contribution in [2.45, 2.75) is 4.90 Å². The molecule has 0 fully saturated rings. The van der Waals surface area contributed by atoms with Crippen molar-refractivity contribution in [2.75, 3.05) is 6.18 Å². The van der Waals surface area contributed by atoms with E-state index in [2.05, 4.69) is 0 Å². The van der Waals surface area contributed by atoms with Gasteiger partial charge in [0, 0.05) is 9.01 Å². The molecule has 58 valence electrons. The van der Waals surface area contributed by atoms with Gasteiger partial charge < -0.3 is 10.0 Å². The molecule has 0 aliphatic carbocycles. The molecule has 0 aromatic heterocycles. The Balaban J connectivity index is 2.74. The SMILES string of the molecule is [2H]C([2H])([2H])Sc1ccc(B(O)O)cc1. The summed E-state index contributed by atoms with van der Waals surface area (Å²) in [6.07, 6.45) is -2.07. The zero-order valence-corrected chi connectivity index (χ0v) is 6.51. The molecule has 0 amide bonds. The summed E-state index contributed by atoms with van der Waals surface area (Å²) in [6.45, 7) is 0. The van der Waals surface area contributed by atoms with Crippen molar-refractivity contribution in [2.24, 2.45) is 0 Å². The van der Waals surface area contributed by atoms with E-state index in [1.807, 2.05) is 0 Å². The molecule has 0 bridgehead atoms. The van der Waals surface area contributed by atoms with Gasteiger partial charge in [0.1, 0.15) is 0 Å². The molecule has 0 spiro atoms. The maximum Gasteiger partial charge on any atom is 0.488 e. The molecule has 0 aliphatic heterocycles. The lowest BCUT2D eigenvalue weighted by atomic mass is 9.81. The normalized spacial score (nSPS) is 14.9. The molecule has 0 unspecified atom stereocenters. The second kappa shape index (κ2) is 3.81. The van der Waals surface area contributed by atoms with E-state index in [4.69, 9.17) is 14.2 Å². The third-order valence-electron chi connectivity index (χ3n) is 1.30. The molecule has 0 heterocycles. The first-order chi connectivity index (χ1) is 6.38. The average molecular weight is 171 g/mol. The second-order valence-electron chi connectivity index (χ2n) is 2.04. The molecule has 0 saturated heterocycles. The summed E-state index contributed by atoms with van der Waals surface area (Å²) in [7, 11) is -1.51. The largest absolute Gasteiger partial charge is 0.488 e. The Labute approximate surface area is 74.6 Å². The van der Waals surface area contributed by atoms with Crippen molar-refractivity contribution in [3.8, 4) is 0 Å². The van der Waals surface area contributed by atoms with Gasteiger partial charge in [0.2, 0.25) is 0 Å². The van der Waals surface area contributed by atoms with Crippen molar-refractivity contribution >= 4 is 24.3 Å². The van der Waals surface area contributed by atoms with Crippen LogP contribution >= 0.6 is 11.8 Å². The summed E-state index contributed by atoms with van der Waals surface area (Å²) < 4.78 is 21.0. The summed E-state index contributed by atoms with van der Waals surface area (Å²) in [5.74, 6) is 0. The second-order valence-corrected chi connectivity index (χ2v) is 2.72. The first-order valence-electron chi connectivity index (χ1n) is 4.53. The van der Waals surface area contributed by atoms with Crippen LogP contribution in [-0.2, 0) is 0 Å². The lowest BCUT2D eigenvalue weighted by Gasteiger charge is -1.99. The van der Waals surface area contributed by atoms with E-state index in [0.717, 1.165) is 11.8 Å². The molecule has 2 nitrogen and oxygen atoms in total. The number of hydrogen-bond acceptors (Lipinski definition) is 3. The Morgan fingerprint density at radius 2 is 2.00 bits per heavy atom. The third kappa shape index (κ3) is 2.25. The van der Waals surface area contributed by atoms with Gasteiger partial charge in [-0.25, -0.2) is 0 Å². The standard InChI is InChI=1S/C7H9BO2S/c1-11-7-4-2-6(3-5-7)8(9)10/h2-5,9-10H,1H3/i1D3. The number of benzene rings is 1. The molecule has 4 heteroatoms. The summed E-state index contributed by atoms with van der Waals surface area (Å²) in [5, 5.41) is 17.6. The molecule has 0 radical (unpaired) electrons. The van der Waals surface area contributed by atoms with E-state index in [9.17, 15) is 0 Å². The zero-order chi connectivity index (χ0) is 10.8. The van der Waals surface area contributed by atoms with Crippen molar-refractivity contribution in [3.05, 3.63) is 24.3 Å². The Kier molecular flexibility index (Phi) is 1.81. The highest BCUT2D eigenvalue weighted by molar-refractivity contribution is 7.98. The van der Waals surface area contributed by atoms with Crippen LogP contribution in [-0.4, -0.2) is 23.4 Å². The molecule has 0 aliphatic rings. The molecular formula is C7H9BO2S. The average Bonchev–Trinajstić information content (AvgIpc) is 2.02. The molecule has 2 N–H and O–H groups in total. The van der Waals surface area contributed by atoms with Gasteiger partial charge in [-0.2, -0.15) is 0 Å². The smallest absolute Gasteiger partial charge is 0.423 e. The fraction of sp³-hybridized carbons (Fsp3) is 0.143. The number of hydrogen-bond donors (Lipinski definition) is 2. The van der Waals surface area contributed by atoms with Gasteiger partial charge in [-0.3, -0.25) is 0 Å². The molecular weight excluding hydrogens is 159 g/mol. The Hall–Kier alpha value is -0.445. The van der Waals surface area contributed by atoms with Crippen LogP contribution in [0.1, 0.15) is 4.11 Å². The lowest BCUT2D eigenvalue weighted by Crippen LogP contribution is -2.29. The summed E-state index contributed by atoms with van der Waals surface area (Å²) >= 11 is 0.758. The lowest BCUT2D eigenvalue weighted by molar-refractivity contribution is 0.426. The Morgan fingerprint density at radius 1 is 1.36 bits per heavy atom. The molecule has 0 saturated carbocycles. The van der Waals surface area contributed by atoms with E-state index < -0.39 is 13.3 Å². The van der Waals surface area contributed by atoms with Crippen molar-refractivity contribution < 1.29 is 14.2 Å². The first kappa shape index (κ1) is 5.24. The van der Waals surface area contributed by atoms with Crippen LogP contribution in [0.15, 0.2) is 29.2 Å². The van der Waals surface area contributed by atoms with Gasteiger partial charge in [0.05, 0.1) is 0 Å². The first-order valence-corrected chi connectivity index (χ1v) is 3.85. The zero-order valence-electron chi connectivity index (χ0n) is 8.69. The Bertz CT molecular complexity index is 299. The predicted octanol–water partition coefficient (Wildman–Crippen LogP) is 0.0883. The maximum atomic E-state index is 8.78. The van der Waals surface area contributed by atoms with Crippen LogP contribution < -0.4 is 5.46 Å². The van der Waals surface area contributed by atoms with Crippen molar-refractivity contribution in [3.63, 3.8) is 0 Å². The van der Waals surface area contributed by atoms with Gasteiger partial charge in [-0.05, 0) is 23.8 Å². The molecule has 1 aromatic rings. The van der Waals surface area contributed by atoms with E-state index in [0.29, 0.717) is 10.4 Å². The van der Waals surface area contributed by atoms with Gasteiger partial charge in [0.15, 0.2) is 0 Å². The minimum Gasteiger partial charge on any atom is -0.423 e. The Morgan fingerprint density at radius 3 is 2.45 bits per heavy atom. The van der Waals surface area contributed by atoms with Gasteiger partial charge >= 0.3 is 7.12 Å². The van der Waals surface area contributed by atoms with Gasteiger partial charge in [-0.1, -0.05) is 12.1 Å². The van der Waals surface area contributed by atoms with Crippen LogP contribution in [0.25, 0.3) is 0 Å². The highest BCUT2D eigenvalue weighted by Crippen LogP contribution is 2.11. The van der Waals surface area contributed by atoms with E-state index >= 15 is 0 Å². The summed E-state index contributed by atoms with van der Waals surface area (Å²) in [4.78, 5) is 0.578. The van der Waals surface area contributed by atoms with E-state index in [-0.39, 0.29) is 0 Å². The van der Waals surface area contributed by atoms with Crippen LogP contribution in [0.2, 0.25) is 0 Å². The van der Waals surface area contributed by atoms with E-state index in [1.54, 1.807) is 12.1 Å². The van der Waals surface area contributed by atoms with Crippen molar-refractivity contribution in [1.29, 1.82) is 0 Å². The quantitative estimate of drug-likeness (QED) is 0.489. The molecule has 1 rings (SSSR count). The van der Waals surface area contributed by atoms with Crippen LogP contribution in [0, 0.1) is 0 Å². The topological polar surface area (TPSA) is 40.5 Å². The van der Waals surface area contributed by atoms with E-state index in [1.165, 1.54) is 12.1 Å². The van der Waals surface area contributed by atoms with Crippen LogP contribution in [0.5, 0.6) is 0 Å². The van der Waals surface area contributed by atoms with Gasteiger partial charge in [-0.15, -0.1) is 11.8 Å². The number of thioether (sulfide) groups is 1. The predicted molar refractivity (Wildman–Crippen MR) is 48.0 cm³/mol. The third-order valence-corrected chi connectivity index (χ3v) is 1.80. The molecule has 0 atom stereocenters. The summed E-state index contributed by atoms with van der Waals surface area (Å²) in [6, 6.07) is 6.06. The van der Waals surface area contributed by atoms with Crippen LogP contribution in [0.3, 0.4) is 0 Å². The number of rotatable bonds is 2. The molecule has 1 aromatic carbocycles.